The molecule has 1 unspecified atom stereocenters. The smallest absolute Gasteiger partial charge is 0.0208 e. The minimum absolute atomic E-state index is 0.289. The Kier molecular flexibility index (Phi) is 4.79. The maximum absolute atomic E-state index is 5.68. The molecule has 0 saturated heterocycles. The third-order valence-corrected chi connectivity index (χ3v) is 2.59. The maximum Gasteiger partial charge on any atom is 0.0208 e. The van der Waals surface area contributed by atoms with Crippen molar-refractivity contribution in [3.05, 3.63) is 34.9 Å². The maximum atomic E-state index is 5.68. The monoisotopic (exact) mass is 206 g/mol. The van der Waals surface area contributed by atoms with Crippen molar-refractivity contribution in [2.24, 2.45) is 5.73 Å². The van der Waals surface area contributed by atoms with Gasteiger partial charge in [-0.05, 0) is 44.9 Å². The molecule has 2 heteroatoms. The Morgan fingerprint density at radius 2 is 2.07 bits per heavy atom. The van der Waals surface area contributed by atoms with Crippen LogP contribution >= 0.6 is 0 Å². The van der Waals surface area contributed by atoms with Gasteiger partial charge < -0.3 is 11.1 Å². The van der Waals surface area contributed by atoms with E-state index in [1.54, 1.807) is 0 Å². The molecule has 0 aliphatic carbocycles. The van der Waals surface area contributed by atoms with Crippen LogP contribution < -0.4 is 11.1 Å². The lowest BCUT2D eigenvalue weighted by Gasteiger charge is -2.09. The first-order chi connectivity index (χ1) is 7.09. The number of aryl methyl sites for hydroxylation is 2. The van der Waals surface area contributed by atoms with Crippen LogP contribution in [0.1, 0.15) is 30.0 Å². The van der Waals surface area contributed by atoms with Gasteiger partial charge in [0.1, 0.15) is 0 Å². The van der Waals surface area contributed by atoms with Gasteiger partial charge >= 0.3 is 0 Å². The van der Waals surface area contributed by atoms with E-state index < -0.39 is 0 Å². The summed E-state index contributed by atoms with van der Waals surface area (Å²) in [7, 11) is 0. The van der Waals surface area contributed by atoms with E-state index >= 15 is 0 Å². The van der Waals surface area contributed by atoms with E-state index in [1.807, 2.05) is 6.92 Å². The second-order valence-corrected chi connectivity index (χ2v) is 4.37. The fourth-order valence-electron chi connectivity index (χ4n) is 1.60. The normalized spacial score (nSPS) is 12.8. The molecular weight excluding hydrogens is 184 g/mol. The summed E-state index contributed by atoms with van der Waals surface area (Å²) in [6.45, 7) is 8.26. The van der Waals surface area contributed by atoms with Gasteiger partial charge in [-0.2, -0.15) is 0 Å². The van der Waals surface area contributed by atoms with Crippen molar-refractivity contribution < 1.29 is 0 Å². The second kappa shape index (κ2) is 5.89. The summed E-state index contributed by atoms with van der Waals surface area (Å²) in [5.74, 6) is 0. The topological polar surface area (TPSA) is 38.0 Å². The Bertz CT molecular complexity index is 305. The Labute approximate surface area is 92.9 Å². The molecule has 1 aromatic rings. The zero-order valence-corrected chi connectivity index (χ0v) is 10.0. The van der Waals surface area contributed by atoms with Gasteiger partial charge in [0.2, 0.25) is 0 Å². The van der Waals surface area contributed by atoms with E-state index in [2.05, 4.69) is 37.4 Å². The fourth-order valence-corrected chi connectivity index (χ4v) is 1.60. The third kappa shape index (κ3) is 4.45. The first-order valence-electron chi connectivity index (χ1n) is 5.62. The van der Waals surface area contributed by atoms with Crippen LogP contribution in [0.2, 0.25) is 0 Å². The largest absolute Gasteiger partial charge is 0.328 e. The number of rotatable bonds is 5. The van der Waals surface area contributed by atoms with Gasteiger partial charge in [0, 0.05) is 12.6 Å². The minimum Gasteiger partial charge on any atom is -0.328 e. The lowest BCUT2D eigenvalue weighted by Crippen LogP contribution is -2.23. The standard InChI is InChI=1S/C13H22N2/c1-10-4-5-13(11(2)8-10)9-15-7-6-12(3)14/h4-5,8,12,15H,6-7,9,14H2,1-3H3. The lowest BCUT2D eigenvalue weighted by atomic mass is 10.1. The molecule has 0 heterocycles. The highest BCUT2D eigenvalue weighted by Gasteiger charge is 1.98. The lowest BCUT2D eigenvalue weighted by molar-refractivity contribution is 0.588. The van der Waals surface area contributed by atoms with Crippen LogP contribution in [0.3, 0.4) is 0 Å². The average molecular weight is 206 g/mol. The van der Waals surface area contributed by atoms with Gasteiger partial charge in [0.15, 0.2) is 0 Å². The van der Waals surface area contributed by atoms with Crippen molar-refractivity contribution in [1.29, 1.82) is 0 Å². The van der Waals surface area contributed by atoms with Crippen LogP contribution in [0.15, 0.2) is 18.2 Å². The van der Waals surface area contributed by atoms with Gasteiger partial charge in [0.05, 0.1) is 0 Å². The second-order valence-electron chi connectivity index (χ2n) is 4.37. The molecule has 2 nitrogen and oxygen atoms in total. The predicted molar refractivity (Wildman–Crippen MR) is 65.9 cm³/mol. The quantitative estimate of drug-likeness (QED) is 0.724. The fraction of sp³-hybridized carbons (Fsp3) is 0.538. The molecule has 0 amide bonds. The number of nitrogens with one attached hydrogen (secondary N) is 1. The van der Waals surface area contributed by atoms with E-state index in [0.717, 1.165) is 19.5 Å². The van der Waals surface area contributed by atoms with Crippen molar-refractivity contribution in [3.8, 4) is 0 Å². The van der Waals surface area contributed by atoms with Crippen LogP contribution in [-0.2, 0) is 6.54 Å². The van der Waals surface area contributed by atoms with Gasteiger partial charge in [-0.3, -0.25) is 0 Å². The van der Waals surface area contributed by atoms with Gasteiger partial charge in [-0.25, -0.2) is 0 Å². The van der Waals surface area contributed by atoms with Gasteiger partial charge in [-0.15, -0.1) is 0 Å². The third-order valence-electron chi connectivity index (χ3n) is 2.59. The summed E-state index contributed by atoms with van der Waals surface area (Å²) < 4.78 is 0. The van der Waals surface area contributed by atoms with E-state index in [0.29, 0.717) is 0 Å². The van der Waals surface area contributed by atoms with Crippen molar-refractivity contribution in [3.63, 3.8) is 0 Å². The molecule has 0 bridgehead atoms. The van der Waals surface area contributed by atoms with E-state index in [4.69, 9.17) is 5.73 Å². The zero-order chi connectivity index (χ0) is 11.3. The molecular formula is C13H22N2. The highest BCUT2D eigenvalue weighted by molar-refractivity contribution is 5.30. The zero-order valence-electron chi connectivity index (χ0n) is 10.0. The Morgan fingerprint density at radius 3 is 2.67 bits per heavy atom. The SMILES string of the molecule is Cc1ccc(CNCCC(C)N)c(C)c1. The highest BCUT2D eigenvalue weighted by atomic mass is 14.9. The summed E-state index contributed by atoms with van der Waals surface area (Å²) in [6.07, 6.45) is 1.03. The van der Waals surface area contributed by atoms with Crippen LogP contribution in [0.4, 0.5) is 0 Å². The molecule has 0 aliphatic rings. The van der Waals surface area contributed by atoms with Crippen LogP contribution in [0, 0.1) is 13.8 Å². The minimum atomic E-state index is 0.289. The Balaban J connectivity index is 2.37. The molecule has 0 saturated carbocycles. The Morgan fingerprint density at radius 1 is 1.33 bits per heavy atom. The molecule has 1 aromatic carbocycles. The first kappa shape index (κ1) is 12.2. The molecule has 0 spiro atoms. The van der Waals surface area contributed by atoms with E-state index in [1.165, 1.54) is 16.7 Å². The molecule has 0 fully saturated rings. The van der Waals surface area contributed by atoms with Gasteiger partial charge in [-0.1, -0.05) is 23.8 Å². The Hall–Kier alpha value is -0.860. The van der Waals surface area contributed by atoms with E-state index in [9.17, 15) is 0 Å². The molecule has 0 aromatic heterocycles. The summed E-state index contributed by atoms with van der Waals surface area (Å²) in [6, 6.07) is 6.87. The van der Waals surface area contributed by atoms with Crippen molar-refractivity contribution in [1.82, 2.24) is 5.32 Å². The molecule has 84 valence electrons. The number of hydrogen-bond acceptors (Lipinski definition) is 2. The summed E-state index contributed by atoms with van der Waals surface area (Å²) >= 11 is 0. The summed E-state index contributed by atoms with van der Waals surface area (Å²) in [5.41, 5.74) is 9.75. The van der Waals surface area contributed by atoms with Crippen LogP contribution in [-0.4, -0.2) is 12.6 Å². The van der Waals surface area contributed by atoms with Gasteiger partial charge in [0.25, 0.3) is 0 Å². The summed E-state index contributed by atoms with van der Waals surface area (Å²) in [5, 5.41) is 3.41. The number of benzene rings is 1. The number of nitrogens with two attached hydrogens (primary N) is 1. The van der Waals surface area contributed by atoms with Crippen LogP contribution in [0.25, 0.3) is 0 Å². The first-order valence-corrected chi connectivity index (χ1v) is 5.62. The van der Waals surface area contributed by atoms with Crippen molar-refractivity contribution in [2.45, 2.75) is 39.8 Å². The number of hydrogen-bond donors (Lipinski definition) is 2. The van der Waals surface area contributed by atoms with Crippen molar-refractivity contribution in [2.75, 3.05) is 6.54 Å². The predicted octanol–water partition coefficient (Wildman–Crippen LogP) is 2.13. The molecule has 0 radical (unpaired) electrons. The average Bonchev–Trinajstić information content (AvgIpc) is 2.14. The van der Waals surface area contributed by atoms with Crippen molar-refractivity contribution >= 4 is 0 Å². The van der Waals surface area contributed by atoms with E-state index in [-0.39, 0.29) is 6.04 Å². The highest BCUT2D eigenvalue weighted by Crippen LogP contribution is 2.09. The summed E-state index contributed by atoms with van der Waals surface area (Å²) in [4.78, 5) is 0. The molecule has 3 N–H and O–H groups in total. The molecule has 1 rings (SSSR count). The molecule has 15 heavy (non-hydrogen) atoms. The van der Waals surface area contributed by atoms with Crippen LogP contribution in [0.5, 0.6) is 0 Å². The molecule has 0 aliphatic heterocycles. The molecule has 1 atom stereocenters.